The highest BCUT2D eigenvalue weighted by molar-refractivity contribution is 7.98. The molecule has 1 N–H and O–H groups in total. The predicted octanol–water partition coefficient (Wildman–Crippen LogP) is 3.19. The molecule has 0 aliphatic carbocycles. The van der Waals surface area contributed by atoms with Crippen molar-refractivity contribution in [3.63, 3.8) is 0 Å². The van der Waals surface area contributed by atoms with Gasteiger partial charge in [0.2, 0.25) is 0 Å². The SMILES string of the molecule is CSCC[C@@H](NC(=O)c1cccnc1)c1nc2ccccc2n1C. The molecule has 5 nitrogen and oxygen atoms in total. The van der Waals surface area contributed by atoms with E-state index in [2.05, 4.69) is 21.1 Å². The van der Waals surface area contributed by atoms with E-state index in [1.807, 2.05) is 31.3 Å². The number of fused-ring (bicyclic) bond motifs is 1. The van der Waals surface area contributed by atoms with Gasteiger partial charge in [0, 0.05) is 19.4 Å². The molecule has 24 heavy (non-hydrogen) atoms. The molecule has 1 aromatic carbocycles. The normalized spacial score (nSPS) is 12.2. The van der Waals surface area contributed by atoms with Crippen molar-refractivity contribution < 1.29 is 4.79 Å². The van der Waals surface area contributed by atoms with E-state index in [9.17, 15) is 4.79 Å². The molecule has 3 rings (SSSR count). The van der Waals surface area contributed by atoms with Crippen LogP contribution < -0.4 is 5.32 Å². The minimum absolute atomic E-state index is 0.124. The van der Waals surface area contributed by atoms with Crippen LogP contribution in [0.2, 0.25) is 0 Å². The zero-order chi connectivity index (χ0) is 16.9. The van der Waals surface area contributed by atoms with Crippen molar-refractivity contribution in [2.75, 3.05) is 12.0 Å². The summed E-state index contributed by atoms with van der Waals surface area (Å²) in [7, 11) is 1.99. The molecular weight excluding hydrogens is 320 g/mol. The van der Waals surface area contributed by atoms with Gasteiger partial charge >= 0.3 is 0 Å². The minimum atomic E-state index is -0.137. The number of hydrogen-bond donors (Lipinski definition) is 1. The fourth-order valence-electron chi connectivity index (χ4n) is 2.72. The van der Waals surface area contributed by atoms with E-state index in [0.29, 0.717) is 5.56 Å². The highest BCUT2D eigenvalue weighted by atomic mass is 32.2. The molecule has 0 saturated heterocycles. The van der Waals surface area contributed by atoms with Crippen LogP contribution in [-0.2, 0) is 7.05 Å². The molecule has 0 aliphatic heterocycles. The molecule has 0 unspecified atom stereocenters. The Bertz CT molecular complexity index is 831. The first-order valence-corrected chi connectivity index (χ1v) is 9.21. The Morgan fingerprint density at radius 2 is 2.12 bits per heavy atom. The van der Waals surface area contributed by atoms with Gasteiger partial charge < -0.3 is 9.88 Å². The first-order valence-electron chi connectivity index (χ1n) is 7.82. The fraction of sp³-hybridized carbons (Fsp3) is 0.278. The second-order valence-corrected chi connectivity index (χ2v) is 6.55. The zero-order valence-electron chi connectivity index (χ0n) is 13.8. The summed E-state index contributed by atoms with van der Waals surface area (Å²) in [5.41, 5.74) is 2.57. The number of amides is 1. The Labute approximate surface area is 145 Å². The molecule has 1 amide bonds. The van der Waals surface area contributed by atoms with E-state index in [0.717, 1.165) is 29.0 Å². The molecule has 0 aliphatic rings. The third-order valence-electron chi connectivity index (χ3n) is 3.97. The van der Waals surface area contributed by atoms with Gasteiger partial charge in [-0.1, -0.05) is 12.1 Å². The molecular formula is C18H20N4OS. The molecule has 1 atom stereocenters. The van der Waals surface area contributed by atoms with Crippen LogP contribution in [0.1, 0.15) is 28.6 Å². The summed E-state index contributed by atoms with van der Waals surface area (Å²) in [6.45, 7) is 0. The van der Waals surface area contributed by atoms with E-state index in [-0.39, 0.29) is 11.9 Å². The van der Waals surface area contributed by atoms with Crippen molar-refractivity contribution in [2.45, 2.75) is 12.5 Å². The summed E-state index contributed by atoms with van der Waals surface area (Å²) >= 11 is 1.76. The van der Waals surface area contributed by atoms with Gasteiger partial charge in [-0.3, -0.25) is 9.78 Å². The highest BCUT2D eigenvalue weighted by Gasteiger charge is 2.21. The Hall–Kier alpha value is -2.34. The van der Waals surface area contributed by atoms with Gasteiger partial charge in [-0.05, 0) is 42.7 Å². The van der Waals surface area contributed by atoms with Gasteiger partial charge in [-0.15, -0.1) is 0 Å². The molecule has 0 radical (unpaired) electrons. The van der Waals surface area contributed by atoms with E-state index >= 15 is 0 Å². The third kappa shape index (κ3) is 3.43. The maximum Gasteiger partial charge on any atom is 0.253 e. The average Bonchev–Trinajstić information content (AvgIpc) is 2.96. The van der Waals surface area contributed by atoms with Gasteiger partial charge in [0.05, 0.1) is 22.6 Å². The van der Waals surface area contributed by atoms with Crippen molar-refractivity contribution in [1.82, 2.24) is 19.9 Å². The standard InChI is InChI=1S/C18H20N4OS/c1-22-16-8-4-3-7-14(16)20-17(22)15(9-11-24-2)21-18(23)13-6-5-10-19-12-13/h3-8,10,12,15H,9,11H2,1-2H3,(H,21,23)/t15-/m1/s1. The maximum atomic E-state index is 12.5. The number of para-hydroxylation sites is 2. The first-order chi connectivity index (χ1) is 11.7. The topological polar surface area (TPSA) is 59.8 Å². The number of benzene rings is 1. The lowest BCUT2D eigenvalue weighted by molar-refractivity contribution is 0.0933. The number of nitrogens with one attached hydrogen (secondary N) is 1. The summed E-state index contributed by atoms with van der Waals surface area (Å²) in [5.74, 6) is 1.70. The molecule has 2 aromatic heterocycles. The highest BCUT2D eigenvalue weighted by Crippen LogP contribution is 2.23. The Balaban J connectivity index is 1.90. The molecule has 0 fully saturated rings. The molecule has 124 valence electrons. The predicted molar refractivity (Wildman–Crippen MR) is 98.2 cm³/mol. The fourth-order valence-corrected chi connectivity index (χ4v) is 3.19. The number of pyridine rings is 1. The van der Waals surface area contributed by atoms with Crippen molar-refractivity contribution in [2.24, 2.45) is 7.05 Å². The summed E-state index contributed by atoms with van der Waals surface area (Å²) in [4.78, 5) is 21.3. The number of carbonyl (C=O) groups is 1. The molecule has 3 aromatic rings. The van der Waals surface area contributed by atoms with Gasteiger partial charge in [-0.2, -0.15) is 11.8 Å². The number of aromatic nitrogens is 3. The maximum absolute atomic E-state index is 12.5. The van der Waals surface area contributed by atoms with Crippen LogP contribution in [0, 0.1) is 0 Å². The molecule has 0 saturated carbocycles. The van der Waals surface area contributed by atoms with Gasteiger partial charge in [0.15, 0.2) is 0 Å². The van der Waals surface area contributed by atoms with Crippen molar-refractivity contribution >= 4 is 28.7 Å². The number of thioether (sulfide) groups is 1. The van der Waals surface area contributed by atoms with Crippen molar-refractivity contribution in [1.29, 1.82) is 0 Å². The Morgan fingerprint density at radius 1 is 1.29 bits per heavy atom. The molecule has 2 heterocycles. The van der Waals surface area contributed by atoms with Crippen LogP contribution in [0.3, 0.4) is 0 Å². The number of aryl methyl sites for hydroxylation is 1. The van der Waals surface area contributed by atoms with Gasteiger partial charge in [-0.25, -0.2) is 4.98 Å². The van der Waals surface area contributed by atoms with Crippen LogP contribution >= 0.6 is 11.8 Å². The van der Waals surface area contributed by atoms with Crippen LogP contribution in [-0.4, -0.2) is 32.5 Å². The smallest absolute Gasteiger partial charge is 0.253 e. The minimum Gasteiger partial charge on any atom is -0.342 e. The number of imidazole rings is 1. The van der Waals surface area contributed by atoms with Crippen molar-refractivity contribution in [3.05, 3.63) is 60.2 Å². The second kappa shape index (κ2) is 7.49. The quantitative estimate of drug-likeness (QED) is 0.749. The van der Waals surface area contributed by atoms with Crippen LogP contribution in [0.25, 0.3) is 11.0 Å². The van der Waals surface area contributed by atoms with Crippen LogP contribution in [0.15, 0.2) is 48.8 Å². The van der Waals surface area contributed by atoms with E-state index < -0.39 is 0 Å². The monoisotopic (exact) mass is 340 g/mol. The second-order valence-electron chi connectivity index (χ2n) is 5.57. The van der Waals surface area contributed by atoms with Gasteiger partial charge in [0.25, 0.3) is 5.91 Å². The van der Waals surface area contributed by atoms with Crippen molar-refractivity contribution in [3.8, 4) is 0 Å². The van der Waals surface area contributed by atoms with E-state index in [1.54, 1.807) is 36.3 Å². The lowest BCUT2D eigenvalue weighted by atomic mass is 10.2. The van der Waals surface area contributed by atoms with Crippen LogP contribution in [0.5, 0.6) is 0 Å². The lowest BCUT2D eigenvalue weighted by Crippen LogP contribution is -2.30. The molecule has 6 heteroatoms. The summed E-state index contributed by atoms with van der Waals surface area (Å²) in [5, 5.41) is 3.11. The zero-order valence-corrected chi connectivity index (χ0v) is 14.6. The Kier molecular flexibility index (Phi) is 5.15. The third-order valence-corrected chi connectivity index (χ3v) is 4.62. The summed E-state index contributed by atoms with van der Waals surface area (Å²) in [6, 6.07) is 11.4. The van der Waals surface area contributed by atoms with Crippen LogP contribution in [0.4, 0.5) is 0 Å². The van der Waals surface area contributed by atoms with Gasteiger partial charge in [0.1, 0.15) is 5.82 Å². The number of carbonyl (C=O) groups excluding carboxylic acids is 1. The molecule has 0 spiro atoms. The van der Waals surface area contributed by atoms with E-state index in [1.165, 1.54) is 0 Å². The number of hydrogen-bond acceptors (Lipinski definition) is 4. The molecule has 0 bridgehead atoms. The van der Waals surface area contributed by atoms with E-state index in [4.69, 9.17) is 4.98 Å². The summed E-state index contributed by atoms with van der Waals surface area (Å²) < 4.78 is 2.06. The number of rotatable bonds is 6. The number of nitrogens with zero attached hydrogens (tertiary/aromatic N) is 3. The summed E-state index contributed by atoms with van der Waals surface area (Å²) in [6.07, 6.45) is 6.13. The Morgan fingerprint density at radius 3 is 2.83 bits per heavy atom. The first kappa shape index (κ1) is 16.5. The average molecular weight is 340 g/mol. The largest absolute Gasteiger partial charge is 0.342 e. The lowest BCUT2D eigenvalue weighted by Gasteiger charge is -2.18.